The van der Waals surface area contributed by atoms with Crippen LogP contribution >= 0.6 is 0 Å². The highest BCUT2D eigenvalue weighted by molar-refractivity contribution is 5.89. The molecule has 2 heteroatoms. The van der Waals surface area contributed by atoms with Gasteiger partial charge in [-0.2, -0.15) is 0 Å². The van der Waals surface area contributed by atoms with Gasteiger partial charge in [0.2, 0.25) is 0 Å². The van der Waals surface area contributed by atoms with Gasteiger partial charge < -0.3 is 5.11 Å². The summed E-state index contributed by atoms with van der Waals surface area (Å²) in [6.07, 6.45) is 5.11. The summed E-state index contributed by atoms with van der Waals surface area (Å²) in [6, 6.07) is 0. The van der Waals surface area contributed by atoms with Crippen molar-refractivity contribution in [3.63, 3.8) is 0 Å². The molecular formula is C9H15NO. The first-order chi connectivity index (χ1) is 5.42. The van der Waals surface area contributed by atoms with Crippen molar-refractivity contribution in [2.75, 3.05) is 13.2 Å². The van der Waals surface area contributed by atoms with E-state index in [1.807, 2.05) is 0 Å². The van der Waals surface area contributed by atoms with E-state index in [1.54, 1.807) is 0 Å². The average Bonchev–Trinajstić information content (AvgIpc) is 2.47. The molecule has 1 heterocycles. The molecule has 2 atom stereocenters. The lowest BCUT2D eigenvalue weighted by atomic mass is 9.81. The lowest BCUT2D eigenvalue weighted by Crippen LogP contribution is -2.24. The number of aliphatic imine (C=N–C) groups is 1. The van der Waals surface area contributed by atoms with Crippen LogP contribution in [-0.2, 0) is 0 Å². The minimum Gasteiger partial charge on any atom is -0.396 e. The van der Waals surface area contributed by atoms with Gasteiger partial charge in [-0.25, -0.2) is 0 Å². The third-order valence-corrected chi connectivity index (χ3v) is 2.96. The number of rotatable bonds is 1. The molecular weight excluding hydrogens is 138 g/mol. The maximum atomic E-state index is 9.03. The van der Waals surface area contributed by atoms with E-state index in [2.05, 4.69) is 4.99 Å². The standard InChI is InChI=1S/C9H15NO/c11-6-7-5-10-9-4-2-1-3-8(7)9/h7-8,11H,1-6H2. The van der Waals surface area contributed by atoms with Crippen molar-refractivity contribution < 1.29 is 5.11 Å². The zero-order chi connectivity index (χ0) is 7.68. The Morgan fingerprint density at radius 2 is 2.36 bits per heavy atom. The highest BCUT2D eigenvalue weighted by Gasteiger charge is 2.31. The van der Waals surface area contributed by atoms with Gasteiger partial charge in [0.1, 0.15) is 0 Å². The molecule has 1 N–H and O–H groups in total. The Bertz CT molecular complexity index is 176. The molecule has 0 spiro atoms. The zero-order valence-corrected chi connectivity index (χ0v) is 6.79. The summed E-state index contributed by atoms with van der Waals surface area (Å²) in [5, 5.41) is 9.03. The number of hydrogen-bond acceptors (Lipinski definition) is 2. The molecule has 0 aromatic carbocycles. The Hall–Kier alpha value is -0.370. The molecule has 1 aliphatic carbocycles. The third-order valence-electron chi connectivity index (χ3n) is 2.96. The van der Waals surface area contributed by atoms with E-state index in [1.165, 1.54) is 31.4 Å². The molecule has 2 rings (SSSR count). The number of hydrogen-bond donors (Lipinski definition) is 1. The molecule has 0 saturated heterocycles. The van der Waals surface area contributed by atoms with Crippen molar-refractivity contribution in [1.82, 2.24) is 0 Å². The zero-order valence-electron chi connectivity index (χ0n) is 6.79. The normalized spacial score (nSPS) is 36.6. The SMILES string of the molecule is OCC1CN=C2CCCCC21. The van der Waals surface area contributed by atoms with Crippen LogP contribution in [0.4, 0.5) is 0 Å². The highest BCUT2D eigenvalue weighted by Crippen LogP contribution is 2.32. The average molecular weight is 153 g/mol. The first-order valence-electron chi connectivity index (χ1n) is 4.56. The summed E-state index contributed by atoms with van der Waals surface area (Å²) in [5.74, 6) is 1.11. The largest absolute Gasteiger partial charge is 0.396 e. The fourth-order valence-electron chi connectivity index (χ4n) is 2.27. The van der Waals surface area contributed by atoms with Gasteiger partial charge in [-0.05, 0) is 19.3 Å². The maximum Gasteiger partial charge on any atom is 0.0483 e. The molecule has 0 bridgehead atoms. The van der Waals surface area contributed by atoms with Crippen LogP contribution in [0.1, 0.15) is 25.7 Å². The van der Waals surface area contributed by atoms with Gasteiger partial charge in [-0.3, -0.25) is 4.99 Å². The van der Waals surface area contributed by atoms with E-state index in [9.17, 15) is 0 Å². The number of aliphatic hydroxyl groups is 1. The van der Waals surface area contributed by atoms with Crippen molar-refractivity contribution in [1.29, 1.82) is 0 Å². The predicted octanol–water partition coefficient (Wildman–Crippen LogP) is 1.24. The van der Waals surface area contributed by atoms with Gasteiger partial charge in [-0.1, -0.05) is 6.42 Å². The lowest BCUT2D eigenvalue weighted by molar-refractivity contribution is 0.205. The molecule has 1 saturated carbocycles. The first-order valence-corrected chi connectivity index (χ1v) is 4.56. The molecule has 2 unspecified atom stereocenters. The molecule has 1 aliphatic heterocycles. The second kappa shape index (κ2) is 2.94. The Morgan fingerprint density at radius 1 is 1.45 bits per heavy atom. The van der Waals surface area contributed by atoms with Crippen LogP contribution in [0.25, 0.3) is 0 Å². The molecule has 2 nitrogen and oxygen atoms in total. The Kier molecular flexibility index (Phi) is 1.95. The van der Waals surface area contributed by atoms with Crippen LogP contribution in [0.5, 0.6) is 0 Å². The summed E-state index contributed by atoms with van der Waals surface area (Å²) in [5.41, 5.74) is 1.40. The minimum atomic E-state index is 0.331. The molecule has 2 aliphatic rings. The van der Waals surface area contributed by atoms with Gasteiger partial charge in [0.05, 0.1) is 0 Å². The molecule has 0 aromatic heterocycles. The lowest BCUT2D eigenvalue weighted by Gasteiger charge is -2.23. The number of fused-ring (bicyclic) bond motifs is 1. The van der Waals surface area contributed by atoms with Gasteiger partial charge in [0.25, 0.3) is 0 Å². The quantitative estimate of drug-likeness (QED) is 0.604. The highest BCUT2D eigenvalue weighted by atomic mass is 16.3. The van der Waals surface area contributed by atoms with E-state index in [4.69, 9.17) is 5.11 Å². The van der Waals surface area contributed by atoms with Gasteiger partial charge in [0, 0.05) is 30.7 Å². The summed E-state index contributed by atoms with van der Waals surface area (Å²) < 4.78 is 0. The second-order valence-electron chi connectivity index (χ2n) is 3.63. The number of nitrogens with zero attached hydrogens (tertiary/aromatic N) is 1. The van der Waals surface area contributed by atoms with Crippen molar-refractivity contribution in [3.8, 4) is 0 Å². The van der Waals surface area contributed by atoms with Crippen molar-refractivity contribution >= 4 is 5.71 Å². The van der Waals surface area contributed by atoms with Crippen molar-refractivity contribution in [2.45, 2.75) is 25.7 Å². The third kappa shape index (κ3) is 1.20. The van der Waals surface area contributed by atoms with Gasteiger partial charge in [-0.15, -0.1) is 0 Å². The monoisotopic (exact) mass is 153 g/mol. The van der Waals surface area contributed by atoms with Crippen LogP contribution < -0.4 is 0 Å². The molecule has 0 aromatic rings. The molecule has 62 valence electrons. The van der Waals surface area contributed by atoms with E-state index < -0.39 is 0 Å². The van der Waals surface area contributed by atoms with Crippen molar-refractivity contribution in [3.05, 3.63) is 0 Å². The molecule has 0 radical (unpaired) electrons. The fourth-order valence-corrected chi connectivity index (χ4v) is 2.27. The van der Waals surface area contributed by atoms with Crippen LogP contribution in [0.2, 0.25) is 0 Å². The molecule has 1 fully saturated rings. The minimum absolute atomic E-state index is 0.331. The second-order valence-corrected chi connectivity index (χ2v) is 3.63. The Balaban J connectivity index is 2.05. The fraction of sp³-hybridized carbons (Fsp3) is 0.889. The Morgan fingerprint density at radius 3 is 3.18 bits per heavy atom. The topological polar surface area (TPSA) is 32.6 Å². The predicted molar refractivity (Wildman–Crippen MR) is 44.8 cm³/mol. The maximum absolute atomic E-state index is 9.03. The molecule has 11 heavy (non-hydrogen) atoms. The first kappa shape index (κ1) is 7.29. The van der Waals surface area contributed by atoms with E-state index in [0.717, 1.165) is 6.54 Å². The van der Waals surface area contributed by atoms with E-state index in [-0.39, 0.29) is 0 Å². The van der Waals surface area contributed by atoms with Crippen LogP contribution in [-0.4, -0.2) is 24.0 Å². The summed E-state index contributed by atoms with van der Waals surface area (Å²) in [7, 11) is 0. The smallest absolute Gasteiger partial charge is 0.0483 e. The van der Waals surface area contributed by atoms with E-state index in [0.29, 0.717) is 18.4 Å². The summed E-state index contributed by atoms with van der Waals surface area (Å²) in [6.45, 7) is 1.22. The summed E-state index contributed by atoms with van der Waals surface area (Å²) >= 11 is 0. The Labute approximate surface area is 67.3 Å². The van der Waals surface area contributed by atoms with Crippen molar-refractivity contribution in [2.24, 2.45) is 16.8 Å². The van der Waals surface area contributed by atoms with E-state index >= 15 is 0 Å². The van der Waals surface area contributed by atoms with Crippen LogP contribution in [0.3, 0.4) is 0 Å². The number of aliphatic hydroxyl groups excluding tert-OH is 1. The van der Waals surface area contributed by atoms with Crippen LogP contribution in [0.15, 0.2) is 4.99 Å². The van der Waals surface area contributed by atoms with Gasteiger partial charge >= 0.3 is 0 Å². The van der Waals surface area contributed by atoms with Gasteiger partial charge in [0.15, 0.2) is 0 Å². The molecule has 0 amide bonds. The van der Waals surface area contributed by atoms with Crippen LogP contribution in [0, 0.1) is 11.8 Å². The summed E-state index contributed by atoms with van der Waals surface area (Å²) in [4.78, 5) is 4.47.